The fourth-order valence-electron chi connectivity index (χ4n) is 5.13. The zero-order valence-electron chi connectivity index (χ0n) is 20.0. The Morgan fingerprint density at radius 1 is 0.861 bits per heavy atom. The number of aryl methyl sites for hydroxylation is 1. The molecule has 4 fully saturated rings. The van der Waals surface area contributed by atoms with Crippen LogP contribution in [0.5, 0.6) is 0 Å². The minimum absolute atomic E-state index is 0.0243. The molecular weight excluding hydrogens is 491 g/mol. The average molecular weight is 521 g/mol. The van der Waals surface area contributed by atoms with Gasteiger partial charge in [0.2, 0.25) is 13.6 Å². The smallest absolute Gasteiger partial charge is 0.312 e. The standard InChI is InChI=1S/C26H29FO8S/c1-13-8-17(6-7-19(13)27)36-10-16-9-18-21(20(16)25(30)34-11-32-23(28)14-2-3-14)22(18)26(31)35-12-33-24(29)15-4-5-15/h6-8,14-16,18,20-22H,2-5,9-12H2,1H3. The first-order chi connectivity index (χ1) is 17.3. The predicted octanol–water partition coefficient (Wildman–Crippen LogP) is 3.63. The summed E-state index contributed by atoms with van der Waals surface area (Å²) in [5, 5.41) is 0. The highest BCUT2D eigenvalue weighted by molar-refractivity contribution is 7.99. The van der Waals surface area contributed by atoms with Crippen LogP contribution < -0.4 is 0 Å². The summed E-state index contributed by atoms with van der Waals surface area (Å²) in [7, 11) is 0. The second-order valence-corrected chi connectivity index (χ2v) is 11.2. The molecule has 0 spiro atoms. The highest BCUT2D eigenvalue weighted by Crippen LogP contribution is 2.64. The van der Waals surface area contributed by atoms with Gasteiger partial charge in [0, 0.05) is 10.6 Å². The van der Waals surface area contributed by atoms with Gasteiger partial charge in [0.15, 0.2) is 0 Å². The number of rotatable bonds is 11. The van der Waals surface area contributed by atoms with Gasteiger partial charge in [-0.2, -0.15) is 0 Å². The molecule has 4 saturated carbocycles. The van der Waals surface area contributed by atoms with Crippen molar-refractivity contribution in [3.63, 3.8) is 0 Å². The Morgan fingerprint density at radius 3 is 1.97 bits per heavy atom. The number of carbonyl (C=O) groups is 4. The van der Waals surface area contributed by atoms with Gasteiger partial charge in [-0.25, -0.2) is 4.39 Å². The van der Waals surface area contributed by atoms with Gasteiger partial charge in [0.1, 0.15) is 5.82 Å². The van der Waals surface area contributed by atoms with E-state index in [1.54, 1.807) is 19.1 Å². The van der Waals surface area contributed by atoms with Crippen LogP contribution >= 0.6 is 11.8 Å². The van der Waals surface area contributed by atoms with Crippen molar-refractivity contribution in [3.8, 4) is 0 Å². The SMILES string of the molecule is Cc1cc(SCC2CC3C(C(=O)OCOC(=O)C4CC4)C3C2C(=O)OCOC(=O)C2CC2)ccc1F. The molecule has 0 saturated heterocycles. The van der Waals surface area contributed by atoms with E-state index in [9.17, 15) is 23.6 Å². The topological polar surface area (TPSA) is 105 Å². The van der Waals surface area contributed by atoms with E-state index in [-0.39, 0.29) is 47.3 Å². The molecule has 5 rings (SSSR count). The molecular formula is C26H29FO8S. The maximum absolute atomic E-state index is 13.6. The van der Waals surface area contributed by atoms with E-state index in [0.717, 1.165) is 30.6 Å². The summed E-state index contributed by atoms with van der Waals surface area (Å²) in [4.78, 5) is 49.9. The summed E-state index contributed by atoms with van der Waals surface area (Å²) in [6.45, 7) is 0.843. The number of carbonyl (C=O) groups excluding carboxylic acids is 4. The molecule has 0 aliphatic heterocycles. The van der Waals surface area contributed by atoms with Gasteiger partial charge in [-0.05, 0) is 80.5 Å². The Kier molecular flexibility index (Phi) is 7.23. The Morgan fingerprint density at radius 2 is 1.42 bits per heavy atom. The molecule has 0 aromatic heterocycles. The second-order valence-electron chi connectivity index (χ2n) is 10.1. The van der Waals surface area contributed by atoms with Crippen LogP contribution in [0.25, 0.3) is 0 Å². The van der Waals surface area contributed by atoms with Crippen molar-refractivity contribution in [1.82, 2.24) is 0 Å². The lowest BCUT2D eigenvalue weighted by atomic mass is 9.90. The van der Waals surface area contributed by atoms with Crippen molar-refractivity contribution in [2.24, 2.45) is 41.4 Å². The average Bonchev–Trinajstić information content (AvgIpc) is 3.72. The number of benzene rings is 1. The van der Waals surface area contributed by atoms with Crippen molar-refractivity contribution < 1.29 is 42.5 Å². The van der Waals surface area contributed by atoms with Crippen LogP contribution in [0.1, 0.15) is 37.7 Å². The van der Waals surface area contributed by atoms with E-state index in [2.05, 4.69) is 0 Å². The highest BCUT2D eigenvalue weighted by Gasteiger charge is 2.67. The number of halogens is 1. The third-order valence-electron chi connectivity index (χ3n) is 7.49. The van der Waals surface area contributed by atoms with Gasteiger partial charge in [-0.15, -0.1) is 11.8 Å². The van der Waals surface area contributed by atoms with E-state index >= 15 is 0 Å². The largest absolute Gasteiger partial charge is 0.428 e. The number of hydrogen-bond acceptors (Lipinski definition) is 9. The molecule has 8 nitrogen and oxygen atoms in total. The predicted molar refractivity (Wildman–Crippen MR) is 123 cm³/mol. The monoisotopic (exact) mass is 520 g/mol. The minimum atomic E-state index is -0.546. The lowest BCUT2D eigenvalue weighted by Crippen LogP contribution is -2.30. The van der Waals surface area contributed by atoms with Gasteiger partial charge >= 0.3 is 23.9 Å². The summed E-state index contributed by atoms with van der Waals surface area (Å²) in [5.74, 6) is -2.86. The molecule has 4 aliphatic carbocycles. The van der Waals surface area contributed by atoms with Crippen molar-refractivity contribution in [3.05, 3.63) is 29.6 Å². The Labute approximate surface area is 212 Å². The Balaban J connectivity index is 1.17. The molecule has 1 aromatic rings. The molecule has 5 unspecified atom stereocenters. The quantitative estimate of drug-likeness (QED) is 0.246. The first-order valence-electron chi connectivity index (χ1n) is 12.4. The van der Waals surface area contributed by atoms with E-state index in [0.29, 0.717) is 17.7 Å². The normalized spacial score (nSPS) is 28.1. The lowest BCUT2D eigenvalue weighted by Gasteiger charge is -2.22. The van der Waals surface area contributed by atoms with Crippen LogP contribution in [0.15, 0.2) is 23.1 Å². The summed E-state index contributed by atoms with van der Waals surface area (Å²) < 4.78 is 34.1. The summed E-state index contributed by atoms with van der Waals surface area (Å²) in [6.07, 6.45) is 3.83. The van der Waals surface area contributed by atoms with Gasteiger partial charge in [0.25, 0.3) is 0 Å². The number of esters is 4. The van der Waals surface area contributed by atoms with E-state index < -0.39 is 37.4 Å². The number of ether oxygens (including phenoxy) is 4. The first kappa shape index (κ1) is 25.0. The molecule has 5 atom stereocenters. The molecule has 1 aromatic carbocycles. The summed E-state index contributed by atoms with van der Waals surface area (Å²) >= 11 is 1.53. The minimum Gasteiger partial charge on any atom is -0.428 e. The number of hydrogen-bond donors (Lipinski definition) is 0. The lowest BCUT2D eigenvalue weighted by molar-refractivity contribution is -0.172. The Bertz CT molecular complexity index is 1050. The van der Waals surface area contributed by atoms with Crippen LogP contribution in [-0.2, 0) is 38.1 Å². The maximum Gasteiger partial charge on any atom is 0.312 e. The molecule has 4 aliphatic rings. The molecule has 194 valence electrons. The molecule has 36 heavy (non-hydrogen) atoms. The molecule has 0 radical (unpaired) electrons. The van der Waals surface area contributed by atoms with E-state index in [1.165, 1.54) is 17.8 Å². The van der Waals surface area contributed by atoms with Gasteiger partial charge in [-0.3, -0.25) is 19.2 Å². The van der Waals surface area contributed by atoms with Crippen molar-refractivity contribution >= 4 is 35.6 Å². The van der Waals surface area contributed by atoms with Crippen LogP contribution in [-0.4, -0.2) is 43.2 Å². The number of fused-ring (bicyclic) bond motifs is 1. The maximum atomic E-state index is 13.6. The zero-order chi connectivity index (χ0) is 25.4. The van der Waals surface area contributed by atoms with E-state index in [4.69, 9.17) is 18.9 Å². The van der Waals surface area contributed by atoms with Crippen LogP contribution in [0.4, 0.5) is 4.39 Å². The fraction of sp³-hybridized carbons (Fsp3) is 0.615. The van der Waals surface area contributed by atoms with Crippen LogP contribution in [0.3, 0.4) is 0 Å². The molecule has 0 heterocycles. The highest BCUT2D eigenvalue weighted by atomic mass is 32.2. The third kappa shape index (κ3) is 5.68. The molecule has 0 amide bonds. The van der Waals surface area contributed by atoms with Gasteiger partial charge < -0.3 is 18.9 Å². The Hall–Kier alpha value is -2.62. The first-order valence-corrected chi connectivity index (χ1v) is 13.4. The van der Waals surface area contributed by atoms with Crippen molar-refractivity contribution in [2.45, 2.75) is 43.9 Å². The second kappa shape index (κ2) is 10.4. The van der Waals surface area contributed by atoms with Crippen molar-refractivity contribution in [2.75, 3.05) is 19.3 Å². The van der Waals surface area contributed by atoms with Gasteiger partial charge in [-0.1, -0.05) is 0 Å². The van der Waals surface area contributed by atoms with Gasteiger partial charge in [0.05, 0.1) is 23.7 Å². The molecule has 10 heteroatoms. The number of thioether (sulfide) groups is 1. The van der Waals surface area contributed by atoms with Crippen LogP contribution in [0, 0.1) is 54.2 Å². The van der Waals surface area contributed by atoms with Crippen LogP contribution in [0.2, 0.25) is 0 Å². The van der Waals surface area contributed by atoms with Crippen molar-refractivity contribution in [1.29, 1.82) is 0 Å². The third-order valence-corrected chi connectivity index (χ3v) is 8.67. The molecule has 0 bridgehead atoms. The zero-order valence-corrected chi connectivity index (χ0v) is 20.8. The molecule has 0 N–H and O–H groups in total. The van der Waals surface area contributed by atoms with E-state index in [1.807, 2.05) is 0 Å². The summed E-state index contributed by atoms with van der Waals surface area (Å²) in [5.41, 5.74) is 0.549. The summed E-state index contributed by atoms with van der Waals surface area (Å²) in [6, 6.07) is 4.89. The fourth-order valence-corrected chi connectivity index (χ4v) is 6.30.